The molecule has 2 aliphatic heterocycles. The predicted molar refractivity (Wildman–Crippen MR) is 115 cm³/mol. The number of ether oxygens (including phenoxy) is 1. The van der Waals surface area contributed by atoms with E-state index < -0.39 is 0 Å². The smallest absolute Gasteiger partial charge is 0.253 e. The summed E-state index contributed by atoms with van der Waals surface area (Å²) < 4.78 is 18.9. The first kappa shape index (κ1) is 21.3. The van der Waals surface area contributed by atoms with Crippen molar-refractivity contribution in [2.45, 2.75) is 25.9 Å². The molecule has 0 spiro atoms. The summed E-state index contributed by atoms with van der Waals surface area (Å²) >= 11 is 0. The number of benzene rings is 2. The van der Waals surface area contributed by atoms with Crippen LogP contribution in [0.3, 0.4) is 0 Å². The van der Waals surface area contributed by atoms with E-state index in [-0.39, 0.29) is 23.4 Å². The number of hydrogen-bond acceptors (Lipinski definition) is 4. The van der Waals surface area contributed by atoms with E-state index in [1.54, 1.807) is 6.07 Å². The van der Waals surface area contributed by atoms with E-state index in [4.69, 9.17) is 4.74 Å². The molecule has 2 heterocycles. The van der Waals surface area contributed by atoms with Gasteiger partial charge in [0.2, 0.25) is 5.91 Å². The van der Waals surface area contributed by atoms with Crippen molar-refractivity contribution >= 4 is 11.8 Å². The molecule has 0 saturated carbocycles. The lowest BCUT2D eigenvalue weighted by molar-refractivity contribution is -0.128. The molecule has 4 rings (SSSR count). The third-order valence-electron chi connectivity index (χ3n) is 6.03. The van der Waals surface area contributed by atoms with Gasteiger partial charge in [0.1, 0.15) is 0 Å². The highest BCUT2D eigenvalue weighted by Crippen LogP contribution is 2.20. The monoisotopic (exact) mass is 425 g/mol. The number of piperazine rings is 1. The molecule has 0 aromatic heterocycles. The van der Waals surface area contributed by atoms with Gasteiger partial charge in [0, 0.05) is 57.8 Å². The molecule has 6 nitrogen and oxygen atoms in total. The van der Waals surface area contributed by atoms with Gasteiger partial charge in [-0.05, 0) is 41.8 Å². The van der Waals surface area contributed by atoms with Crippen LogP contribution < -0.4 is 4.74 Å². The Kier molecular flexibility index (Phi) is 6.51. The number of nitrogens with zero attached hydrogens (tertiary/aromatic N) is 3. The molecular formula is C24H28FN3O3. The topological polar surface area (TPSA) is 53.1 Å². The Morgan fingerprint density at radius 1 is 0.968 bits per heavy atom. The lowest BCUT2D eigenvalue weighted by Crippen LogP contribution is -2.48. The minimum atomic E-state index is -0.355. The zero-order valence-electron chi connectivity index (χ0n) is 17.8. The summed E-state index contributed by atoms with van der Waals surface area (Å²) in [6.07, 6.45) is 1.56. The molecule has 2 fully saturated rings. The summed E-state index contributed by atoms with van der Waals surface area (Å²) in [4.78, 5) is 30.6. The molecule has 31 heavy (non-hydrogen) atoms. The SMILES string of the molecule is COc1ccc(CN2CCN(C(=O)c3ccc(CN4CCCC4=O)cc3)CC2)cc1F. The fourth-order valence-electron chi connectivity index (χ4n) is 4.20. The molecular weight excluding hydrogens is 397 g/mol. The van der Waals surface area contributed by atoms with E-state index >= 15 is 0 Å². The molecule has 7 heteroatoms. The third-order valence-corrected chi connectivity index (χ3v) is 6.03. The summed E-state index contributed by atoms with van der Waals surface area (Å²) in [7, 11) is 1.45. The van der Waals surface area contributed by atoms with Crippen LogP contribution in [0.1, 0.15) is 34.3 Å². The van der Waals surface area contributed by atoms with Gasteiger partial charge in [0.05, 0.1) is 7.11 Å². The first-order valence-corrected chi connectivity index (χ1v) is 10.7. The molecule has 2 amide bonds. The van der Waals surface area contributed by atoms with E-state index in [0.717, 1.165) is 37.2 Å². The first-order valence-electron chi connectivity index (χ1n) is 10.7. The number of rotatable bonds is 6. The maximum atomic E-state index is 13.9. The highest BCUT2D eigenvalue weighted by atomic mass is 19.1. The van der Waals surface area contributed by atoms with Gasteiger partial charge in [-0.15, -0.1) is 0 Å². The number of amides is 2. The van der Waals surface area contributed by atoms with Crippen LogP contribution in [0.25, 0.3) is 0 Å². The van der Waals surface area contributed by atoms with E-state index in [2.05, 4.69) is 4.90 Å². The minimum Gasteiger partial charge on any atom is -0.494 e. The lowest BCUT2D eigenvalue weighted by atomic mass is 10.1. The number of carbonyl (C=O) groups is 2. The highest BCUT2D eigenvalue weighted by Gasteiger charge is 2.23. The van der Waals surface area contributed by atoms with Crippen molar-refractivity contribution in [1.82, 2.24) is 14.7 Å². The normalized spacial score (nSPS) is 17.3. The summed E-state index contributed by atoms with van der Waals surface area (Å²) in [5.41, 5.74) is 2.61. The molecule has 2 aliphatic rings. The summed E-state index contributed by atoms with van der Waals surface area (Å²) in [5.74, 6) is 0.123. The van der Waals surface area contributed by atoms with E-state index in [1.165, 1.54) is 13.2 Å². The number of likely N-dealkylation sites (tertiary alicyclic amines) is 1. The lowest BCUT2D eigenvalue weighted by Gasteiger charge is -2.34. The quantitative estimate of drug-likeness (QED) is 0.714. The molecule has 0 aliphatic carbocycles. The van der Waals surface area contributed by atoms with E-state index in [0.29, 0.717) is 38.2 Å². The maximum absolute atomic E-state index is 13.9. The van der Waals surface area contributed by atoms with Gasteiger partial charge in [-0.25, -0.2) is 4.39 Å². The van der Waals surface area contributed by atoms with Gasteiger partial charge >= 0.3 is 0 Å². The fourth-order valence-corrected chi connectivity index (χ4v) is 4.20. The molecule has 164 valence electrons. The Bertz CT molecular complexity index is 940. The molecule has 0 atom stereocenters. The number of methoxy groups -OCH3 is 1. The molecule has 2 aromatic carbocycles. The third kappa shape index (κ3) is 5.05. The number of halogens is 1. The molecule has 2 saturated heterocycles. The Labute approximate surface area is 182 Å². The van der Waals surface area contributed by atoms with Crippen LogP contribution in [0.15, 0.2) is 42.5 Å². The van der Waals surface area contributed by atoms with Gasteiger partial charge in [-0.3, -0.25) is 14.5 Å². The Morgan fingerprint density at radius 2 is 1.68 bits per heavy atom. The van der Waals surface area contributed by atoms with Crippen molar-refractivity contribution in [2.75, 3.05) is 39.8 Å². The zero-order chi connectivity index (χ0) is 21.8. The molecule has 0 unspecified atom stereocenters. The van der Waals surface area contributed by atoms with Crippen molar-refractivity contribution in [3.8, 4) is 5.75 Å². The Hall–Kier alpha value is -2.93. The zero-order valence-corrected chi connectivity index (χ0v) is 17.8. The van der Waals surface area contributed by atoms with Crippen LogP contribution in [0.4, 0.5) is 4.39 Å². The van der Waals surface area contributed by atoms with Gasteiger partial charge in [-0.2, -0.15) is 0 Å². The standard InChI is InChI=1S/C24H28FN3O3/c1-31-22-9-6-19(15-21(22)25)16-26-11-13-27(14-12-26)24(30)20-7-4-18(5-8-20)17-28-10-2-3-23(28)29/h4-9,15H,2-3,10-14,16-17H2,1H3. The predicted octanol–water partition coefficient (Wildman–Crippen LogP) is 2.91. The Balaban J connectivity index is 1.28. The van der Waals surface area contributed by atoms with Crippen molar-refractivity contribution in [3.05, 3.63) is 65.0 Å². The van der Waals surface area contributed by atoms with Crippen molar-refractivity contribution in [3.63, 3.8) is 0 Å². The summed E-state index contributed by atoms with van der Waals surface area (Å²) in [5, 5.41) is 0. The van der Waals surface area contributed by atoms with Crippen LogP contribution in [0.5, 0.6) is 5.75 Å². The maximum Gasteiger partial charge on any atom is 0.253 e. The number of hydrogen-bond donors (Lipinski definition) is 0. The molecule has 0 N–H and O–H groups in total. The second kappa shape index (κ2) is 9.47. The van der Waals surface area contributed by atoms with Crippen molar-refractivity contribution < 1.29 is 18.7 Å². The second-order valence-corrected chi connectivity index (χ2v) is 8.15. The van der Waals surface area contributed by atoms with E-state index in [1.807, 2.05) is 40.1 Å². The van der Waals surface area contributed by atoms with Crippen molar-refractivity contribution in [1.29, 1.82) is 0 Å². The molecule has 0 radical (unpaired) electrons. The van der Waals surface area contributed by atoms with Crippen molar-refractivity contribution in [2.24, 2.45) is 0 Å². The van der Waals surface area contributed by atoms with Gasteiger partial charge in [-0.1, -0.05) is 18.2 Å². The van der Waals surface area contributed by atoms with Crippen LogP contribution in [0, 0.1) is 5.82 Å². The van der Waals surface area contributed by atoms with Gasteiger partial charge < -0.3 is 14.5 Å². The van der Waals surface area contributed by atoms with Crippen LogP contribution >= 0.6 is 0 Å². The number of carbonyl (C=O) groups excluding carboxylic acids is 2. The molecule has 2 aromatic rings. The second-order valence-electron chi connectivity index (χ2n) is 8.15. The van der Waals surface area contributed by atoms with Gasteiger partial charge in [0.15, 0.2) is 11.6 Å². The van der Waals surface area contributed by atoms with Crippen LogP contribution in [0.2, 0.25) is 0 Å². The fraction of sp³-hybridized carbons (Fsp3) is 0.417. The Morgan fingerprint density at radius 3 is 2.29 bits per heavy atom. The average Bonchev–Trinajstić information content (AvgIpc) is 3.19. The van der Waals surface area contributed by atoms with Crippen LogP contribution in [-0.2, 0) is 17.9 Å². The van der Waals surface area contributed by atoms with E-state index in [9.17, 15) is 14.0 Å². The van der Waals surface area contributed by atoms with Gasteiger partial charge in [0.25, 0.3) is 5.91 Å². The minimum absolute atomic E-state index is 0.0268. The largest absolute Gasteiger partial charge is 0.494 e. The molecule has 0 bridgehead atoms. The van der Waals surface area contributed by atoms with Crippen LogP contribution in [-0.4, -0.2) is 66.3 Å². The average molecular weight is 426 g/mol. The summed E-state index contributed by atoms with van der Waals surface area (Å²) in [6, 6.07) is 12.6. The first-order chi connectivity index (χ1) is 15.0. The highest BCUT2D eigenvalue weighted by molar-refractivity contribution is 5.94. The summed E-state index contributed by atoms with van der Waals surface area (Å²) in [6.45, 7) is 4.84.